The third-order valence-corrected chi connectivity index (χ3v) is 8.25. The summed E-state index contributed by atoms with van der Waals surface area (Å²) >= 11 is 0. The minimum atomic E-state index is -1.18. The second-order valence-electron chi connectivity index (χ2n) is 12.6. The molecule has 4 rings (SSSR count). The summed E-state index contributed by atoms with van der Waals surface area (Å²) in [5.41, 5.74) is -0.675. The van der Waals surface area contributed by atoms with Gasteiger partial charge in [-0.15, -0.1) is 0 Å². The van der Waals surface area contributed by atoms with Gasteiger partial charge in [0.25, 0.3) is 0 Å². The molecule has 4 N–H and O–H groups in total. The maximum atomic E-state index is 13.9. The van der Waals surface area contributed by atoms with E-state index in [1.165, 1.54) is 0 Å². The Labute approximate surface area is 253 Å². The topological polar surface area (TPSA) is 138 Å². The maximum Gasteiger partial charge on any atom is 0.320 e. The number of anilines is 1. The van der Waals surface area contributed by atoms with Crippen molar-refractivity contribution in [2.45, 2.75) is 77.1 Å². The first-order chi connectivity index (χ1) is 20.4. The van der Waals surface area contributed by atoms with Crippen molar-refractivity contribution in [3.05, 3.63) is 60.2 Å². The number of amides is 4. The molecule has 4 amide bonds. The van der Waals surface area contributed by atoms with Gasteiger partial charge >= 0.3 is 6.03 Å². The summed E-state index contributed by atoms with van der Waals surface area (Å²) in [6.07, 6.45) is 1.10. The Kier molecular flexibility index (Phi) is 9.79. The van der Waals surface area contributed by atoms with E-state index in [4.69, 9.17) is 9.47 Å². The second-order valence-corrected chi connectivity index (χ2v) is 12.6. The van der Waals surface area contributed by atoms with Gasteiger partial charge in [-0.2, -0.15) is 0 Å². The Balaban J connectivity index is 1.52. The van der Waals surface area contributed by atoms with E-state index < -0.39 is 41.1 Å². The number of carbonyl (C=O) groups is 4. The second kappa shape index (κ2) is 13.2. The van der Waals surface area contributed by atoms with Crippen LogP contribution in [0.2, 0.25) is 0 Å². The first kappa shape index (κ1) is 32.0. The molecule has 5 atom stereocenters. The summed E-state index contributed by atoms with van der Waals surface area (Å²) < 4.78 is 10.5. The van der Waals surface area contributed by atoms with Gasteiger partial charge in [-0.25, -0.2) is 4.79 Å². The van der Waals surface area contributed by atoms with E-state index in [1.807, 2.05) is 58.0 Å². The minimum Gasteiger partial charge on any atom is -0.497 e. The average Bonchev–Trinajstić information content (AvgIpc) is 3.89. The number of rotatable bonds is 14. The van der Waals surface area contributed by atoms with Crippen LogP contribution in [0.5, 0.6) is 5.75 Å². The normalized spacial score (nSPS) is 23.6. The van der Waals surface area contributed by atoms with Crippen LogP contribution in [0.4, 0.5) is 10.5 Å². The molecule has 232 valence electrons. The molecule has 2 aromatic carbocycles. The molecule has 10 nitrogen and oxygen atoms in total. The number of urea groups is 1. The lowest BCUT2D eigenvalue weighted by molar-refractivity contribution is -0.134. The zero-order chi connectivity index (χ0) is 31.4. The van der Waals surface area contributed by atoms with E-state index in [-0.39, 0.29) is 30.0 Å². The molecule has 1 heterocycles. The molecule has 0 bridgehead atoms. The third-order valence-electron chi connectivity index (χ3n) is 8.25. The molecule has 1 aliphatic carbocycles. The largest absolute Gasteiger partial charge is 0.497 e. The molecular weight excluding hydrogens is 548 g/mol. The molecule has 2 aromatic rings. The Morgan fingerprint density at radius 2 is 1.60 bits per heavy atom. The number of nitrogens with one attached hydrogen (secondary N) is 4. The predicted molar refractivity (Wildman–Crippen MR) is 164 cm³/mol. The fourth-order valence-electron chi connectivity index (χ4n) is 5.53. The van der Waals surface area contributed by atoms with Crippen LogP contribution in [0.1, 0.15) is 53.0 Å². The minimum absolute atomic E-state index is 0.112. The highest BCUT2D eigenvalue weighted by atomic mass is 16.6. The average molecular weight is 593 g/mol. The van der Waals surface area contributed by atoms with Crippen LogP contribution < -0.4 is 26.0 Å². The zero-order valence-electron chi connectivity index (χ0n) is 25.9. The zero-order valence-corrected chi connectivity index (χ0v) is 25.9. The van der Waals surface area contributed by atoms with Crippen molar-refractivity contribution in [1.29, 1.82) is 0 Å². The Morgan fingerprint density at radius 1 is 0.953 bits per heavy atom. The van der Waals surface area contributed by atoms with Crippen molar-refractivity contribution < 1.29 is 28.7 Å². The molecular formula is C33H44N4O6. The van der Waals surface area contributed by atoms with Crippen molar-refractivity contribution in [2.24, 2.45) is 17.8 Å². The van der Waals surface area contributed by atoms with Gasteiger partial charge in [0, 0.05) is 12.1 Å². The fourth-order valence-corrected chi connectivity index (χ4v) is 5.53. The number of hydrogen-bond donors (Lipinski definition) is 4. The van der Waals surface area contributed by atoms with E-state index in [1.54, 1.807) is 38.3 Å². The molecule has 2 aliphatic rings. The standard InChI is InChI=1S/C33H44N4O6/c1-20(2)16-26(28(38)32(5)19-43-32)35-29(39)27(17-22-10-8-7-9-11-22)36-30(40)33(18-25(33)21(3)4)37-31(41)34-23-12-14-24(42-6)15-13-23/h7-15,20-21,25-27H,16-19H2,1-6H3,(H,35,39)(H,36,40)(H2,34,37,41)/t25?,26-,27-,32+,33?/m0/s1. The molecule has 0 spiro atoms. The number of ether oxygens (including phenoxy) is 2. The molecule has 10 heteroatoms. The van der Waals surface area contributed by atoms with E-state index in [0.717, 1.165) is 5.56 Å². The van der Waals surface area contributed by atoms with Gasteiger partial charge in [0.05, 0.1) is 19.8 Å². The molecule has 2 unspecified atom stereocenters. The maximum absolute atomic E-state index is 13.9. The van der Waals surface area contributed by atoms with Crippen molar-refractivity contribution >= 4 is 29.3 Å². The lowest BCUT2D eigenvalue weighted by atomic mass is 9.93. The highest BCUT2D eigenvalue weighted by molar-refractivity contribution is 6.01. The summed E-state index contributed by atoms with van der Waals surface area (Å²) in [6.45, 7) is 10.0. The van der Waals surface area contributed by atoms with E-state index in [9.17, 15) is 19.2 Å². The van der Waals surface area contributed by atoms with Crippen LogP contribution >= 0.6 is 0 Å². The van der Waals surface area contributed by atoms with Crippen LogP contribution in [0.25, 0.3) is 0 Å². The molecule has 1 saturated carbocycles. The SMILES string of the molecule is COc1ccc(NC(=O)NC2(C(=O)N[C@@H](Cc3ccccc3)C(=O)N[C@@H](CC(C)C)C(=O)[C@@]3(C)CO3)CC2C(C)C)cc1. The van der Waals surface area contributed by atoms with Crippen molar-refractivity contribution in [3.8, 4) is 5.75 Å². The van der Waals surface area contributed by atoms with Crippen molar-refractivity contribution in [3.63, 3.8) is 0 Å². The molecule has 2 fully saturated rings. The predicted octanol–water partition coefficient (Wildman–Crippen LogP) is 3.85. The first-order valence-corrected chi connectivity index (χ1v) is 14.9. The summed E-state index contributed by atoms with van der Waals surface area (Å²) in [5, 5.41) is 11.5. The molecule has 1 saturated heterocycles. The van der Waals surface area contributed by atoms with Crippen LogP contribution in [-0.4, -0.2) is 60.6 Å². The first-order valence-electron chi connectivity index (χ1n) is 14.9. The Bertz CT molecular complexity index is 1310. The van der Waals surface area contributed by atoms with Crippen LogP contribution in [0.3, 0.4) is 0 Å². The summed E-state index contributed by atoms with van der Waals surface area (Å²) in [6, 6.07) is 14.0. The number of benzene rings is 2. The van der Waals surface area contributed by atoms with Gasteiger partial charge < -0.3 is 30.7 Å². The van der Waals surface area contributed by atoms with E-state index in [0.29, 0.717) is 30.9 Å². The number of ketones is 1. The Hall–Kier alpha value is -3.92. The highest BCUT2D eigenvalue weighted by Crippen LogP contribution is 2.48. The monoisotopic (exact) mass is 592 g/mol. The number of methoxy groups -OCH3 is 1. The molecule has 43 heavy (non-hydrogen) atoms. The molecule has 0 radical (unpaired) electrons. The van der Waals surface area contributed by atoms with Crippen LogP contribution in [-0.2, 0) is 25.5 Å². The van der Waals surface area contributed by atoms with Gasteiger partial charge in [0.15, 0.2) is 5.78 Å². The lowest BCUT2D eigenvalue weighted by Gasteiger charge is -2.27. The van der Waals surface area contributed by atoms with Gasteiger partial charge in [0.1, 0.15) is 22.9 Å². The van der Waals surface area contributed by atoms with E-state index >= 15 is 0 Å². The quantitative estimate of drug-likeness (QED) is 0.246. The number of epoxide rings is 1. The fraction of sp³-hybridized carbons (Fsp3) is 0.515. The highest BCUT2D eigenvalue weighted by Gasteiger charge is 2.62. The van der Waals surface area contributed by atoms with Gasteiger partial charge in [-0.3, -0.25) is 14.4 Å². The van der Waals surface area contributed by atoms with Crippen molar-refractivity contribution in [2.75, 3.05) is 19.0 Å². The number of hydrogen-bond acceptors (Lipinski definition) is 6. The van der Waals surface area contributed by atoms with Gasteiger partial charge in [0.2, 0.25) is 11.8 Å². The Morgan fingerprint density at radius 3 is 2.14 bits per heavy atom. The third kappa shape index (κ3) is 7.93. The summed E-state index contributed by atoms with van der Waals surface area (Å²) in [7, 11) is 1.56. The van der Waals surface area contributed by atoms with Gasteiger partial charge in [-0.05, 0) is 67.3 Å². The van der Waals surface area contributed by atoms with Gasteiger partial charge in [-0.1, -0.05) is 58.0 Å². The van der Waals surface area contributed by atoms with Crippen LogP contribution in [0, 0.1) is 17.8 Å². The summed E-state index contributed by atoms with van der Waals surface area (Å²) in [5.74, 6) is -0.264. The van der Waals surface area contributed by atoms with E-state index in [2.05, 4.69) is 21.3 Å². The number of Topliss-reactive ketones (excluding diaryl/α,β-unsaturated/α-hetero) is 1. The summed E-state index contributed by atoms with van der Waals surface area (Å²) in [4.78, 5) is 54.0. The smallest absolute Gasteiger partial charge is 0.320 e. The van der Waals surface area contributed by atoms with Crippen LogP contribution in [0.15, 0.2) is 54.6 Å². The molecule has 0 aromatic heterocycles. The lowest BCUT2D eigenvalue weighted by Crippen LogP contribution is -2.59. The molecule has 1 aliphatic heterocycles. The van der Waals surface area contributed by atoms with Crippen molar-refractivity contribution in [1.82, 2.24) is 16.0 Å². The number of carbonyl (C=O) groups excluding carboxylic acids is 4.